The predicted molar refractivity (Wildman–Crippen MR) is 126 cm³/mol. The number of unbranched alkanes of at least 4 members (excludes halogenated alkanes) is 8. The van der Waals surface area contributed by atoms with Gasteiger partial charge in [-0.05, 0) is 31.1 Å². The van der Waals surface area contributed by atoms with Crippen LogP contribution in [0.15, 0.2) is 48.6 Å². The Bertz CT molecular complexity index is 693. The molecule has 1 N–H and O–H groups in total. The number of para-hydroxylation sites is 1. The average Bonchev–Trinajstić information content (AvgIpc) is 2.79. The first-order chi connectivity index (χ1) is 15.1. The van der Waals surface area contributed by atoms with Crippen LogP contribution in [0, 0.1) is 5.92 Å². The highest BCUT2D eigenvalue weighted by molar-refractivity contribution is 5.75. The SMILES string of the molecule is CCCCCCCCOC1(c2ccccc2OCCCCCC)C=CC(C(=O)O)C=C1. The minimum absolute atomic E-state index is 0.618. The quantitative estimate of drug-likeness (QED) is 0.226. The molecule has 0 bridgehead atoms. The Morgan fingerprint density at radius 3 is 2.13 bits per heavy atom. The van der Waals surface area contributed by atoms with Crippen LogP contribution in [0.3, 0.4) is 0 Å². The first kappa shape index (κ1) is 25.2. The molecule has 0 unspecified atom stereocenters. The molecule has 4 nitrogen and oxygen atoms in total. The van der Waals surface area contributed by atoms with E-state index in [-0.39, 0.29) is 0 Å². The average molecular weight is 429 g/mol. The molecule has 1 aliphatic carbocycles. The van der Waals surface area contributed by atoms with Crippen LogP contribution < -0.4 is 4.74 Å². The summed E-state index contributed by atoms with van der Waals surface area (Å²) in [5.74, 6) is -0.657. The molecule has 0 saturated heterocycles. The molecule has 0 atom stereocenters. The van der Waals surface area contributed by atoms with Gasteiger partial charge in [0.25, 0.3) is 0 Å². The Labute approximate surface area is 188 Å². The largest absolute Gasteiger partial charge is 0.493 e. The van der Waals surface area contributed by atoms with Gasteiger partial charge in [0, 0.05) is 12.2 Å². The molecule has 0 heterocycles. The molecule has 1 aliphatic rings. The van der Waals surface area contributed by atoms with E-state index in [1.165, 1.54) is 44.9 Å². The van der Waals surface area contributed by atoms with Gasteiger partial charge in [-0.2, -0.15) is 0 Å². The lowest BCUT2D eigenvalue weighted by Crippen LogP contribution is -2.30. The zero-order chi connectivity index (χ0) is 22.4. The second kappa shape index (κ2) is 14.1. The van der Waals surface area contributed by atoms with E-state index >= 15 is 0 Å². The Morgan fingerprint density at radius 1 is 0.871 bits per heavy atom. The second-order valence-corrected chi connectivity index (χ2v) is 8.40. The summed E-state index contributed by atoms with van der Waals surface area (Å²) in [7, 11) is 0. The lowest BCUT2D eigenvalue weighted by Gasteiger charge is -2.32. The number of aliphatic carboxylic acids is 1. The summed E-state index contributed by atoms with van der Waals surface area (Å²) < 4.78 is 12.6. The highest BCUT2D eigenvalue weighted by atomic mass is 16.5. The van der Waals surface area contributed by atoms with Crippen LogP contribution in [0.1, 0.15) is 83.6 Å². The van der Waals surface area contributed by atoms with E-state index < -0.39 is 17.5 Å². The van der Waals surface area contributed by atoms with Crippen molar-refractivity contribution in [2.45, 2.75) is 83.7 Å². The van der Waals surface area contributed by atoms with Gasteiger partial charge in [-0.25, -0.2) is 0 Å². The fourth-order valence-electron chi connectivity index (χ4n) is 3.88. The molecule has 0 radical (unpaired) electrons. The Hall–Kier alpha value is -2.07. The minimum atomic E-state index is -0.850. The van der Waals surface area contributed by atoms with Crippen molar-refractivity contribution in [1.82, 2.24) is 0 Å². The third-order valence-electron chi connectivity index (χ3n) is 5.79. The maximum absolute atomic E-state index is 11.4. The molecule has 0 aliphatic heterocycles. The van der Waals surface area contributed by atoms with Crippen molar-refractivity contribution in [1.29, 1.82) is 0 Å². The van der Waals surface area contributed by atoms with E-state index in [1.54, 1.807) is 12.2 Å². The first-order valence-electron chi connectivity index (χ1n) is 12.1. The summed E-state index contributed by atoms with van der Waals surface area (Å²) in [5.41, 5.74) is 0.155. The molecule has 0 amide bonds. The molecule has 1 aromatic carbocycles. The van der Waals surface area contributed by atoms with Crippen LogP contribution >= 0.6 is 0 Å². The Morgan fingerprint density at radius 2 is 1.45 bits per heavy atom. The molecule has 4 heteroatoms. The van der Waals surface area contributed by atoms with Crippen LogP contribution in [0.25, 0.3) is 0 Å². The van der Waals surface area contributed by atoms with Crippen LogP contribution in [-0.4, -0.2) is 24.3 Å². The molecule has 1 aromatic rings. The summed E-state index contributed by atoms with van der Waals surface area (Å²) in [4.78, 5) is 11.4. The fourth-order valence-corrected chi connectivity index (χ4v) is 3.88. The number of benzene rings is 1. The standard InChI is InChI=1S/C27H40O4/c1-3-5-7-9-10-14-22-31-27(19-17-23(18-20-27)26(28)29)24-15-11-12-16-25(24)30-21-13-8-6-4-2/h11-12,15-20,23H,3-10,13-14,21-22H2,1-2H3,(H,28,29). The summed E-state index contributed by atoms with van der Waals surface area (Å²) in [5, 5.41) is 9.37. The van der Waals surface area contributed by atoms with Gasteiger partial charge in [-0.15, -0.1) is 0 Å². The number of ether oxygens (including phenoxy) is 2. The number of hydrogen-bond acceptors (Lipinski definition) is 3. The van der Waals surface area contributed by atoms with Crippen molar-refractivity contribution in [3.8, 4) is 5.75 Å². The van der Waals surface area contributed by atoms with E-state index in [9.17, 15) is 9.90 Å². The van der Waals surface area contributed by atoms with Crippen molar-refractivity contribution in [3.05, 3.63) is 54.1 Å². The molecule has 172 valence electrons. The molecule has 0 fully saturated rings. The van der Waals surface area contributed by atoms with Gasteiger partial charge in [0.15, 0.2) is 0 Å². The first-order valence-corrected chi connectivity index (χ1v) is 12.1. The molecule has 0 saturated carbocycles. The van der Waals surface area contributed by atoms with Gasteiger partial charge in [0.05, 0.1) is 12.5 Å². The number of carbonyl (C=O) groups is 1. The number of rotatable bonds is 16. The van der Waals surface area contributed by atoms with Crippen LogP contribution in [-0.2, 0) is 15.1 Å². The maximum Gasteiger partial charge on any atom is 0.314 e. The molecule has 0 aromatic heterocycles. The third kappa shape index (κ3) is 8.17. The molecule has 2 rings (SSSR count). The molecule has 31 heavy (non-hydrogen) atoms. The van der Waals surface area contributed by atoms with E-state index in [0.29, 0.717) is 13.2 Å². The van der Waals surface area contributed by atoms with Gasteiger partial charge in [-0.3, -0.25) is 4.79 Å². The highest BCUT2D eigenvalue weighted by Gasteiger charge is 2.34. The highest BCUT2D eigenvalue weighted by Crippen LogP contribution is 2.39. The van der Waals surface area contributed by atoms with Crippen LogP contribution in [0.2, 0.25) is 0 Å². The molecule has 0 spiro atoms. The van der Waals surface area contributed by atoms with Crippen molar-refractivity contribution in [3.63, 3.8) is 0 Å². The number of hydrogen-bond donors (Lipinski definition) is 1. The smallest absolute Gasteiger partial charge is 0.314 e. The Balaban J connectivity index is 2.09. The summed E-state index contributed by atoms with van der Waals surface area (Å²) >= 11 is 0. The Kier molecular flexibility index (Phi) is 11.4. The fraction of sp³-hybridized carbons (Fsp3) is 0.593. The molecular formula is C27H40O4. The van der Waals surface area contributed by atoms with Crippen molar-refractivity contribution in [2.24, 2.45) is 5.92 Å². The topological polar surface area (TPSA) is 55.8 Å². The van der Waals surface area contributed by atoms with Crippen molar-refractivity contribution < 1.29 is 19.4 Å². The van der Waals surface area contributed by atoms with Crippen LogP contribution in [0.5, 0.6) is 5.75 Å². The number of carboxylic acids is 1. The minimum Gasteiger partial charge on any atom is -0.493 e. The zero-order valence-electron chi connectivity index (χ0n) is 19.4. The van der Waals surface area contributed by atoms with Crippen molar-refractivity contribution in [2.75, 3.05) is 13.2 Å². The monoisotopic (exact) mass is 428 g/mol. The number of carboxylic acid groups (broad SMARTS) is 1. The van der Waals surface area contributed by atoms with E-state index in [2.05, 4.69) is 13.8 Å². The summed E-state index contributed by atoms with van der Waals surface area (Å²) in [6.07, 6.45) is 19.0. The lowest BCUT2D eigenvalue weighted by molar-refractivity contribution is -0.138. The van der Waals surface area contributed by atoms with E-state index in [0.717, 1.165) is 30.6 Å². The van der Waals surface area contributed by atoms with Gasteiger partial charge < -0.3 is 14.6 Å². The normalized spacial score (nSPS) is 20.1. The lowest BCUT2D eigenvalue weighted by atomic mass is 9.85. The van der Waals surface area contributed by atoms with E-state index in [1.807, 2.05) is 36.4 Å². The summed E-state index contributed by atoms with van der Waals surface area (Å²) in [6, 6.07) is 7.97. The third-order valence-corrected chi connectivity index (χ3v) is 5.79. The summed E-state index contributed by atoms with van der Waals surface area (Å²) in [6.45, 7) is 5.73. The van der Waals surface area contributed by atoms with Crippen LogP contribution in [0.4, 0.5) is 0 Å². The van der Waals surface area contributed by atoms with E-state index in [4.69, 9.17) is 9.47 Å². The second-order valence-electron chi connectivity index (χ2n) is 8.40. The van der Waals surface area contributed by atoms with Crippen molar-refractivity contribution >= 4 is 5.97 Å². The maximum atomic E-state index is 11.4. The predicted octanol–water partition coefficient (Wildman–Crippen LogP) is 7.04. The van der Waals surface area contributed by atoms with Gasteiger partial charge in [0.1, 0.15) is 11.4 Å². The van der Waals surface area contributed by atoms with Gasteiger partial charge >= 0.3 is 5.97 Å². The van der Waals surface area contributed by atoms with Gasteiger partial charge in [-0.1, -0.05) is 95.6 Å². The zero-order valence-corrected chi connectivity index (χ0v) is 19.4. The molecular weight excluding hydrogens is 388 g/mol. The van der Waals surface area contributed by atoms with Gasteiger partial charge in [0.2, 0.25) is 0 Å².